The minimum absolute atomic E-state index is 0.225. The van der Waals surface area contributed by atoms with Gasteiger partial charge in [0.2, 0.25) is 0 Å². The van der Waals surface area contributed by atoms with E-state index in [9.17, 15) is 4.79 Å². The van der Waals surface area contributed by atoms with Crippen molar-refractivity contribution in [2.24, 2.45) is 0 Å². The molecule has 2 aromatic carbocycles. The molecule has 0 aliphatic carbocycles. The van der Waals surface area contributed by atoms with Gasteiger partial charge in [0.25, 0.3) is 5.91 Å². The Morgan fingerprint density at radius 2 is 2.12 bits per heavy atom. The fraction of sp³-hybridized carbons (Fsp3) is 0.150. The van der Waals surface area contributed by atoms with E-state index in [0.717, 1.165) is 11.3 Å². The molecule has 130 valence electrons. The van der Waals surface area contributed by atoms with Gasteiger partial charge in [0.1, 0.15) is 5.75 Å². The van der Waals surface area contributed by atoms with Crippen LogP contribution < -0.4 is 10.1 Å². The molecule has 1 atom stereocenters. The van der Waals surface area contributed by atoms with Gasteiger partial charge in [-0.1, -0.05) is 18.2 Å². The lowest BCUT2D eigenvalue weighted by Gasteiger charge is -2.15. The van der Waals surface area contributed by atoms with Crippen LogP contribution in [0.15, 0.2) is 67.0 Å². The lowest BCUT2D eigenvalue weighted by atomic mass is 10.2. The summed E-state index contributed by atoms with van der Waals surface area (Å²) >= 11 is 0. The third kappa shape index (κ3) is 4.28. The number of carbonyl (C=O) groups excluding carboxylic acids is 1. The quantitative estimate of drug-likeness (QED) is 0.744. The van der Waals surface area contributed by atoms with Crippen molar-refractivity contribution in [3.8, 4) is 17.5 Å². The Labute approximate surface area is 151 Å². The minimum Gasteiger partial charge on any atom is -0.481 e. The van der Waals surface area contributed by atoms with Crippen LogP contribution in [0.3, 0.4) is 0 Å². The van der Waals surface area contributed by atoms with Crippen LogP contribution in [0.2, 0.25) is 0 Å². The number of aromatic nitrogens is 2. The molecule has 0 aliphatic rings. The van der Waals surface area contributed by atoms with E-state index < -0.39 is 6.10 Å². The van der Waals surface area contributed by atoms with E-state index >= 15 is 0 Å². The van der Waals surface area contributed by atoms with Crippen LogP contribution >= 0.6 is 0 Å². The number of hydrogen-bond acceptors (Lipinski definition) is 4. The summed E-state index contributed by atoms with van der Waals surface area (Å²) in [4.78, 5) is 12.3. The molecule has 0 aliphatic heterocycles. The molecule has 6 heteroatoms. The first-order chi connectivity index (χ1) is 12.7. The van der Waals surface area contributed by atoms with Gasteiger partial charge in [0.15, 0.2) is 6.10 Å². The van der Waals surface area contributed by atoms with Crippen LogP contribution in [0.5, 0.6) is 5.75 Å². The fourth-order valence-corrected chi connectivity index (χ4v) is 2.46. The van der Waals surface area contributed by atoms with Crippen molar-refractivity contribution in [2.75, 3.05) is 0 Å². The van der Waals surface area contributed by atoms with Crippen molar-refractivity contribution >= 4 is 5.91 Å². The van der Waals surface area contributed by atoms with E-state index in [2.05, 4.69) is 10.4 Å². The van der Waals surface area contributed by atoms with E-state index in [1.54, 1.807) is 42.1 Å². The van der Waals surface area contributed by atoms with Gasteiger partial charge in [-0.25, -0.2) is 4.68 Å². The zero-order valence-corrected chi connectivity index (χ0v) is 14.3. The maximum absolute atomic E-state index is 12.3. The average Bonchev–Trinajstić information content (AvgIpc) is 3.21. The molecule has 1 amide bonds. The summed E-state index contributed by atoms with van der Waals surface area (Å²) in [6.07, 6.45) is 2.91. The molecule has 0 radical (unpaired) electrons. The smallest absolute Gasteiger partial charge is 0.261 e. The summed E-state index contributed by atoms with van der Waals surface area (Å²) < 4.78 is 7.38. The Kier molecular flexibility index (Phi) is 5.30. The molecule has 0 unspecified atom stereocenters. The standard InChI is InChI=1S/C20H18N4O2/c1-15(26-19-8-3-5-16(12-19)13-21)20(25)22-14-17-6-2-7-18(11-17)24-10-4-9-23-24/h2-12,15H,14H2,1H3,(H,22,25)/t15-/m0/s1. The second kappa shape index (κ2) is 7.99. The summed E-state index contributed by atoms with van der Waals surface area (Å²) in [7, 11) is 0. The first-order valence-electron chi connectivity index (χ1n) is 8.19. The highest BCUT2D eigenvalue weighted by molar-refractivity contribution is 5.80. The largest absolute Gasteiger partial charge is 0.481 e. The van der Waals surface area contributed by atoms with Crippen LogP contribution in [0, 0.1) is 11.3 Å². The minimum atomic E-state index is -0.668. The average molecular weight is 346 g/mol. The molecular formula is C20H18N4O2. The third-order valence-corrected chi connectivity index (χ3v) is 3.79. The number of nitriles is 1. The summed E-state index contributed by atoms with van der Waals surface area (Å²) in [5.41, 5.74) is 2.38. The summed E-state index contributed by atoms with van der Waals surface area (Å²) in [5.74, 6) is 0.268. The normalized spacial score (nSPS) is 11.4. The van der Waals surface area contributed by atoms with Gasteiger partial charge < -0.3 is 10.1 Å². The van der Waals surface area contributed by atoms with Gasteiger partial charge in [-0.05, 0) is 48.9 Å². The lowest BCUT2D eigenvalue weighted by Crippen LogP contribution is -2.35. The van der Waals surface area contributed by atoms with Crippen molar-refractivity contribution < 1.29 is 9.53 Å². The van der Waals surface area contributed by atoms with Gasteiger partial charge in [-0.2, -0.15) is 10.4 Å². The molecule has 0 spiro atoms. The number of nitrogens with one attached hydrogen (secondary N) is 1. The Morgan fingerprint density at radius 1 is 1.27 bits per heavy atom. The highest BCUT2D eigenvalue weighted by Gasteiger charge is 2.14. The number of carbonyl (C=O) groups is 1. The van der Waals surface area contributed by atoms with Gasteiger partial charge in [-0.15, -0.1) is 0 Å². The van der Waals surface area contributed by atoms with E-state index in [1.165, 1.54) is 0 Å². The molecule has 26 heavy (non-hydrogen) atoms. The number of amides is 1. The number of benzene rings is 2. The van der Waals surface area contributed by atoms with Gasteiger partial charge >= 0.3 is 0 Å². The van der Waals surface area contributed by atoms with Crippen LogP contribution in [-0.2, 0) is 11.3 Å². The third-order valence-electron chi connectivity index (χ3n) is 3.79. The van der Waals surface area contributed by atoms with Crippen molar-refractivity contribution in [3.63, 3.8) is 0 Å². The molecule has 1 heterocycles. The van der Waals surface area contributed by atoms with Crippen molar-refractivity contribution in [2.45, 2.75) is 19.6 Å². The van der Waals surface area contributed by atoms with Crippen LogP contribution in [-0.4, -0.2) is 21.8 Å². The molecule has 3 rings (SSSR count). The lowest BCUT2D eigenvalue weighted by molar-refractivity contribution is -0.127. The van der Waals surface area contributed by atoms with Crippen molar-refractivity contribution in [1.82, 2.24) is 15.1 Å². The van der Waals surface area contributed by atoms with Crippen molar-refractivity contribution in [3.05, 3.63) is 78.1 Å². The molecule has 0 fully saturated rings. The summed E-state index contributed by atoms with van der Waals surface area (Å²) in [6.45, 7) is 2.06. The van der Waals surface area contributed by atoms with Crippen molar-refractivity contribution in [1.29, 1.82) is 5.26 Å². The highest BCUT2D eigenvalue weighted by Crippen LogP contribution is 2.14. The Balaban J connectivity index is 1.58. The zero-order chi connectivity index (χ0) is 18.4. The molecule has 3 aromatic rings. The number of hydrogen-bond donors (Lipinski definition) is 1. The number of rotatable bonds is 6. The summed E-state index contributed by atoms with van der Waals surface area (Å²) in [5, 5.41) is 16.0. The zero-order valence-electron chi connectivity index (χ0n) is 14.3. The molecule has 6 nitrogen and oxygen atoms in total. The van der Waals surface area contributed by atoms with E-state index in [-0.39, 0.29) is 5.91 Å². The van der Waals surface area contributed by atoms with E-state index in [0.29, 0.717) is 17.9 Å². The molecule has 1 aromatic heterocycles. The van der Waals surface area contributed by atoms with Crippen LogP contribution in [0.25, 0.3) is 5.69 Å². The molecule has 1 N–H and O–H groups in total. The summed E-state index contributed by atoms with van der Waals surface area (Å²) in [6, 6.07) is 18.4. The van der Waals surface area contributed by atoms with Gasteiger partial charge in [0, 0.05) is 18.9 Å². The molecular weight excluding hydrogens is 328 g/mol. The van der Waals surface area contributed by atoms with Crippen LogP contribution in [0.1, 0.15) is 18.1 Å². The molecule has 0 saturated heterocycles. The molecule has 0 saturated carbocycles. The molecule has 0 bridgehead atoms. The Bertz CT molecular complexity index is 929. The SMILES string of the molecule is C[C@H](Oc1cccc(C#N)c1)C(=O)NCc1cccc(-n2cccn2)c1. The van der Waals surface area contributed by atoms with Gasteiger partial charge in [0.05, 0.1) is 17.3 Å². The predicted molar refractivity (Wildman–Crippen MR) is 96.7 cm³/mol. The fourth-order valence-electron chi connectivity index (χ4n) is 2.46. The van der Waals surface area contributed by atoms with Gasteiger partial charge in [-0.3, -0.25) is 4.79 Å². The topological polar surface area (TPSA) is 79.9 Å². The number of ether oxygens (including phenoxy) is 1. The first kappa shape index (κ1) is 17.2. The maximum atomic E-state index is 12.3. The second-order valence-corrected chi connectivity index (χ2v) is 5.74. The van der Waals surface area contributed by atoms with E-state index in [1.807, 2.05) is 42.6 Å². The predicted octanol–water partition coefficient (Wildman–Crippen LogP) is 2.83. The monoisotopic (exact) mass is 346 g/mol. The Hall–Kier alpha value is -3.59. The first-order valence-corrected chi connectivity index (χ1v) is 8.19. The number of nitrogens with zero attached hydrogens (tertiary/aromatic N) is 3. The highest BCUT2D eigenvalue weighted by atomic mass is 16.5. The maximum Gasteiger partial charge on any atom is 0.261 e. The second-order valence-electron chi connectivity index (χ2n) is 5.74. The Morgan fingerprint density at radius 3 is 2.88 bits per heavy atom. The van der Waals surface area contributed by atoms with E-state index in [4.69, 9.17) is 10.00 Å². The van der Waals surface area contributed by atoms with Crippen LogP contribution in [0.4, 0.5) is 0 Å².